The average molecular weight is 237 g/mol. The van der Waals surface area contributed by atoms with Gasteiger partial charge in [-0.1, -0.05) is 66.2 Å². The fraction of sp³-hybridized carbons (Fsp3) is 0.938. The van der Waals surface area contributed by atoms with Crippen molar-refractivity contribution in [2.45, 2.75) is 85.1 Å². The second kappa shape index (κ2) is 7.18. The highest BCUT2D eigenvalue weighted by Gasteiger charge is 2.17. The molecule has 1 unspecified atom stereocenters. The first-order chi connectivity index (χ1) is 8.01. The molecule has 17 heavy (non-hydrogen) atoms. The standard InChI is InChI=1S/C16H31N/c1-14(2)15-11-9-7-5-6-8-10-12-16(3,4)13-17-15/h13-15H,5-12H2,1-4H3. The van der Waals surface area contributed by atoms with Gasteiger partial charge >= 0.3 is 0 Å². The Labute approximate surface area is 108 Å². The Balaban J connectivity index is 2.62. The zero-order valence-electron chi connectivity index (χ0n) is 12.3. The van der Waals surface area contributed by atoms with E-state index >= 15 is 0 Å². The van der Waals surface area contributed by atoms with Crippen molar-refractivity contribution in [3.8, 4) is 0 Å². The van der Waals surface area contributed by atoms with Crippen LogP contribution >= 0.6 is 0 Å². The van der Waals surface area contributed by atoms with Crippen molar-refractivity contribution in [1.82, 2.24) is 0 Å². The fourth-order valence-electron chi connectivity index (χ4n) is 2.58. The van der Waals surface area contributed by atoms with Gasteiger partial charge < -0.3 is 0 Å². The van der Waals surface area contributed by atoms with E-state index in [0.29, 0.717) is 17.4 Å². The number of aliphatic imine (C=N–C) groups is 1. The first-order valence-electron chi connectivity index (χ1n) is 7.55. The van der Waals surface area contributed by atoms with Gasteiger partial charge in [0.1, 0.15) is 0 Å². The Morgan fingerprint density at radius 3 is 2.24 bits per heavy atom. The summed E-state index contributed by atoms with van der Waals surface area (Å²) >= 11 is 0. The molecule has 1 aliphatic rings. The van der Waals surface area contributed by atoms with Crippen LogP contribution in [0.1, 0.15) is 79.1 Å². The highest BCUT2D eigenvalue weighted by Crippen LogP contribution is 2.25. The Kier molecular flexibility index (Phi) is 6.22. The SMILES string of the molecule is CC(C)C1CCCCCCCCC(C)(C)C=N1. The Bertz CT molecular complexity index is 228. The Hall–Kier alpha value is -0.330. The van der Waals surface area contributed by atoms with Crippen LogP contribution < -0.4 is 0 Å². The van der Waals surface area contributed by atoms with E-state index in [1.54, 1.807) is 0 Å². The maximum Gasteiger partial charge on any atom is 0.0518 e. The van der Waals surface area contributed by atoms with Crippen molar-refractivity contribution < 1.29 is 0 Å². The third-order valence-corrected chi connectivity index (χ3v) is 3.96. The predicted molar refractivity (Wildman–Crippen MR) is 77.8 cm³/mol. The van der Waals surface area contributed by atoms with Gasteiger partial charge in [0.05, 0.1) is 6.04 Å². The van der Waals surface area contributed by atoms with Crippen LogP contribution in [-0.2, 0) is 0 Å². The molecule has 0 saturated carbocycles. The maximum atomic E-state index is 4.88. The topological polar surface area (TPSA) is 12.4 Å². The smallest absolute Gasteiger partial charge is 0.0518 e. The van der Waals surface area contributed by atoms with E-state index < -0.39 is 0 Å². The molecule has 0 aliphatic carbocycles. The molecule has 1 rings (SSSR count). The van der Waals surface area contributed by atoms with Crippen molar-refractivity contribution in [3.05, 3.63) is 0 Å². The molecule has 0 saturated heterocycles. The molecular formula is C16H31N. The minimum absolute atomic E-state index is 0.298. The molecule has 1 aliphatic heterocycles. The molecule has 1 nitrogen and oxygen atoms in total. The second-order valence-electron chi connectivity index (χ2n) is 6.74. The number of hydrogen-bond acceptors (Lipinski definition) is 1. The molecule has 1 heteroatoms. The normalized spacial score (nSPS) is 27.5. The Morgan fingerprint density at radius 2 is 1.59 bits per heavy atom. The van der Waals surface area contributed by atoms with Crippen LogP contribution in [0.2, 0.25) is 0 Å². The second-order valence-corrected chi connectivity index (χ2v) is 6.74. The Morgan fingerprint density at radius 1 is 1.00 bits per heavy atom. The zero-order valence-corrected chi connectivity index (χ0v) is 12.3. The van der Waals surface area contributed by atoms with Gasteiger partial charge in [0, 0.05) is 6.21 Å². The van der Waals surface area contributed by atoms with E-state index in [1.807, 2.05) is 0 Å². The molecule has 0 fully saturated rings. The molecule has 0 spiro atoms. The van der Waals surface area contributed by atoms with E-state index in [4.69, 9.17) is 4.99 Å². The molecule has 0 radical (unpaired) electrons. The predicted octanol–water partition coefficient (Wildman–Crippen LogP) is 5.24. The molecule has 0 aromatic carbocycles. The molecule has 0 amide bonds. The van der Waals surface area contributed by atoms with Crippen LogP contribution in [-0.4, -0.2) is 12.3 Å². The van der Waals surface area contributed by atoms with Crippen molar-refractivity contribution in [3.63, 3.8) is 0 Å². The molecule has 1 heterocycles. The lowest BCUT2D eigenvalue weighted by Gasteiger charge is -2.23. The van der Waals surface area contributed by atoms with E-state index in [9.17, 15) is 0 Å². The highest BCUT2D eigenvalue weighted by molar-refractivity contribution is 5.64. The summed E-state index contributed by atoms with van der Waals surface area (Å²) in [6, 6.07) is 0.550. The van der Waals surface area contributed by atoms with Gasteiger partial charge in [-0.15, -0.1) is 0 Å². The van der Waals surface area contributed by atoms with Gasteiger partial charge in [-0.2, -0.15) is 0 Å². The summed E-state index contributed by atoms with van der Waals surface area (Å²) in [5, 5.41) is 0. The summed E-state index contributed by atoms with van der Waals surface area (Å²) in [5.74, 6) is 0.685. The van der Waals surface area contributed by atoms with E-state index in [0.717, 1.165) is 0 Å². The van der Waals surface area contributed by atoms with E-state index in [2.05, 4.69) is 33.9 Å². The zero-order chi connectivity index (χ0) is 12.7. The molecule has 100 valence electrons. The van der Waals surface area contributed by atoms with Crippen molar-refractivity contribution in [2.75, 3.05) is 0 Å². The first kappa shape index (κ1) is 14.7. The third-order valence-electron chi connectivity index (χ3n) is 3.96. The summed E-state index contributed by atoms with van der Waals surface area (Å²) in [4.78, 5) is 4.88. The summed E-state index contributed by atoms with van der Waals surface area (Å²) in [5.41, 5.74) is 0.298. The minimum atomic E-state index is 0.298. The lowest BCUT2D eigenvalue weighted by atomic mass is 9.87. The number of rotatable bonds is 1. The van der Waals surface area contributed by atoms with Crippen molar-refractivity contribution in [2.24, 2.45) is 16.3 Å². The van der Waals surface area contributed by atoms with Crippen LogP contribution in [0.5, 0.6) is 0 Å². The lowest BCUT2D eigenvalue weighted by Crippen LogP contribution is -2.19. The van der Waals surface area contributed by atoms with Crippen LogP contribution in [0.4, 0.5) is 0 Å². The average Bonchev–Trinajstić information content (AvgIpc) is 2.23. The summed E-state index contributed by atoms with van der Waals surface area (Å²) in [6.07, 6.45) is 13.2. The van der Waals surface area contributed by atoms with Gasteiger partial charge in [-0.25, -0.2) is 0 Å². The fourth-order valence-corrected chi connectivity index (χ4v) is 2.58. The largest absolute Gasteiger partial charge is 0.293 e. The van der Waals surface area contributed by atoms with E-state index in [1.165, 1.54) is 51.4 Å². The van der Waals surface area contributed by atoms with Crippen molar-refractivity contribution in [1.29, 1.82) is 0 Å². The van der Waals surface area contributed by atoms with Gasteiger partial charge in [0.2, 0.25) is 0 Å². The number of nitrogens with zero attached hydrogens (tertiary/aromatic N) is 1. The first-order valence-corrected chi connectivity index (χ1v) is 7.55. The summed E-state index contributed by atoms with van der Waals surface area (Å²) < 4.78 is 0. The van der Waals surface area contributed by atoms with Crippen LogP contribution in [0.15, 0.2) is 4.99 Å². The molecule has 0 aromatic rings. The highest BCUT2D eigenvalue weighted by atomic mass is 14.8. The summed E-state index contributed by atoms with van der Waals surface area (Å²) in [6.45, 7) is 9.28. The molecule has 1 atom stereocenters. The monoisotopic (exact) mass is 237 g/mol. The van der Waals surface area contributed by atoms with Gasteiger partial charge in [0.15, 0.2) is 0 Å². The summed E-state index contributed by atoms with van der Waals surface area (Å²) in [7, 11) is 0. The van der Waals surface area contributed by atoms with Crippen LogP contribution in [0.3, 0.4) is 0 Å². The quantitative estimate of drug-likeness (QED) is 0.591. The molecule has 0 aromatic heterocycles. The van der Waals surface area contributed by atoms with Gasteiger partial charge in [0.25, 0.3) is 0 Å². The van der Waals surface area contributed by atoms with Crippen molar-refractivity contribution >= 4 is 6.21 Å². The third kappa shape index (κ3) is 6.24. The molecule has 0 bridgehead atoms. The van der Waals surface area contributed by atoms with Gasteiger partial charge in [-0.3, -0.25) is 4.99 Å². The minimum Gasteiger partial charge on any atom is -0.293 e. The van der Waals surface area contributed by atoms with Crippen LogP contribution in [0, 0.1) is 11.3 Å². The van der Waals surface area contributed by atoms with Crippen LogP contribution in [0.25, 0.3) is 0 Å². The molecular weight excluding hydrogens is 206 g/mol. The van der Waals surface area contributed by atoms with Gasteiger partial charge in [-0.05, 0) is 24.2 Å². The lowest BCUT2D eigenvalue weighted by molar-refractivity contribution is 0.409. The molecule has 0 N–H and O–H groups in total. The maximum absolute atomic E-state index is 4.88. The van der Waals surface area contributed by atoms with E-state index in [-0.39, 0.29) is 0 Å². The number of hydrogen-bond donors (Lipinski definition) is 0.